The number of halogens is 1. The molecule has 2 N–H and O–H groups in total. The van der Waals surface area contributed by atoms with Gasteiger partial charge >= 0.3 is 4.87 Å². The molecule has 1 heterocycles. The highest BCUT2D eigenvalue weighted by Crippen LogP contribution is 2.11. The molecule has 1 aromatic carbocycles. The highest BCUT2D eigenvalue weighted by molar-refractivity contribution is 7.11. The number of aromatic nitrogens is 1. The van der Waals surface area contributed by atoms with E-state index in [-0.39, 0.29) is 10.8 Å². The maximum atomic E-state index is 11.8. The first-order chi connectivity index (χ1) is 8.56. The lowest BCUT2D eigenvalue weighted by Gasteiger charge is -2.04. The number of aromatic amines is 1. The van der Waals surface area contributed by atoms with Crippen LogP contribution < -0.4 is 10.2 Å². The van der Waals surface area contributed by atoms with E-state index in [1.54, 1.807) is 19.1 Å². The Morgan fingerprint density at radius 3 is 2.89 bits per heavy atom. The summed E-state index contributed by atoms with van der Waals surface area (Å²) < 4.78 is 0. The minimum atomic E-state index is -0.254. The van der Waals surface area contributed by atoms with Crippen molar-refractivity contribution in [3.63, 3.8) is 0 Å². The molecule has 2 aromatic rings. The van der Waals surface area contributed by atoms with E-state index in [0.717, 1.165) is 16.9 Å². The van der Waals surface area contributed by atoms with Gasteiger partial charge in [0.1, 0.15) is 4.88 Å². The number of carbonyl (C=O) groups excluding carboxylic acids is 1. The van der Waals surface area contributed by atoms with Crippen LogP contribution in [0.3, 0.4) is 0 Å². The molecule has 2 rings (SSSR count). The summed E-state index contributed by atoms with van der Waals surface area (Å²) in [5.41, 5.74) is 1.50. The van der Waals surface area contributed by atoms with Crippen LogP contribution in [0.4, 0.5) is 0 Å². The molecule has 1 amide bonds. The molecule has 0 aliphatic rings. The van der Waals surface area contributed by atoms with E-state index < -0.39 is 0 Å². The fourth-order valence-electron chi connectivity index (χ4n) is 1.53. The van der Waals surface area contributed by atoms with E-state index in [1.807, 2.05) is 12.1 Å². The number of nitrogens with one attached hydrogen (secondary N) is 2. The summed E-state index contributed by atoms with van der Waals surface area (Å²) in [7, 11) is 0. The molecule has 0 saturated heterocycles. The van der Waals surface area contributed by atoms with Gasteiger partial charge in [-0.15, -0.1) is 0 Å². The minimum Gasteiger partial charge on any atom is -0.347 e. The SMILES string of the molecule is Cc1[nH]c(=O)sc1C(=O)NCc1cccc(Cl)c1. The van der Waals surface area contributed by atoms with Crippen molar-refractivity contribution in [1.29, 1.82) is 0 Å². The van der Waals surface area contributed by atoms with E-state index in [1.165, 1.54) is 0 Å². The van der Waals surface area contributed by atoms with Gasteiger partial charge in [0.2, 0.25) is 0 Å². The zero-order valence-electron chi connectivity index (χ0n) is 9.62. The molecule has 0 atom stereocenters. The Morgan fingerprint density at radius 2 is 2.28 bits per heavy atom. The summed E-state index contributed by atoms with van der Waals surface area (Å²) in [4.78, 5) is 25.7. The van der Waals surface area contributed by atoms with Crippen LogP contribution in [0.1, 0.15) is 20.9 Å². The summed E-state index contributed by atoms with van der Waals surface area (Å²) in [5.74, 6) is -0.254. The molecule has 6 heteroatoms. The van der Waals surface area contributed by atoms with Crippen LogP contribution in [0.15, 0.2) is 29.1 Å². The largest absolute Gasteiger partial charge is 0.347 e. The molecular formula is C12H11ClN2O2S. The Morgan fingerprint density at radius 1 is 1.50 bits per heavy atom. The molecule has 0 unspecified atom stereocenters. The number of carbonyl (C=O) groups is 1. The van der Waals surface area contributed by atoms with Gasteiger partial charge in [-0.25, -0.2) is 0 Å². The number of hydrogen-bond acceptors (Lipinski definition) is 3. The van der Waals surface area contributed by atoms with Gasteiger partial charge in [0.25, 0.3) is 5.91 Å². The molecule has 0 radical (unpaired) electrons. The van der Waals surface area contributed by atoms with E-state index in [4.69, 9.17) is 11.6 Å². The lowest BCUT2D eigenvalue weighted by molar-refractivity contribution is 0.0954. The number of H-pyrrole nitrogens is 1. The monoisotopic (exact) mass is 282 g/mol. The molecule has 94 valence electrons. The lowest BCUT2D eigenvalue weighted by atomic mass is 10.2. The van der Waals surface area contributed by atoms with Gasteiger partial charge in [-0.1, -0.05) is 35.1 Å². The summed E-state index contributed by atoms with van der Waals surface area (Å²) in [6, 6.07) is 7.26. The Bertz CT molecular complexity index is 633. The topological polar surface area (TPSA) is 62.0 Å². The van der Waals surface area contributed by atoms with Crippen LogP contribution >= 0.6 is 22.9 Å². The highest BCUT2D eigenvalue weighted by atomic mass is 35.5. The maximum Gasteiger partial charge on any atom is 0.305 e. The van der Waals surface area contributed by atoms with Gasteiger partial charge in [-0.3, -0.25) is 9.59 Å². The zero-order valence-corrected chi connectivity index (χ0v) is 11.2. The minimum absolute atomic E-state index is 0.222. The van der Waals surface area contributed by atoms with Crippen molar-refractivity contribution in [3.05, 3.63) is 55.1 Å². The second-order valence-corrected chi connectivity index (χ2v) is 5.20. The molecule has 0 bridgehead atoms. The maximum absolute atomic E-state index is 11.8. The summed E-state index contributed by atoms with van der Waals surface area (Å²) in [6.07, 6.45) is 0. The first kappa shape index (κ1) is 12.9. The molecule has 0 spiro atoms. The van der Waals surface area contributed by atoms with Crippen molar-refractivity contribution in [2.45, 2.75) is 13.5 Å². The number of aryl methyl sites for hydroxylation is 1. The predicted molar refractivity (Wildman–Crippen MR) is 72.3 cm³/mol. The zero-order chi connectivity index (χ0) is 13.1. The van der Waals surface area contributed by atoms with Crippen LogP contribution in [-0.4, -0.2) is 10.9 Å². The molecule has 0 aliphatic carbocycles. The van der Waals surface area contributed by atoms with Crippen LogP contribution in [-0.2, 0) is 6.54 Å². The van der Waals surface area contributed by atoms with Gasteiger partial charge in [-0.2, -0.15) is 0 Å². The third kappa shape index (κ3) is 3.00. The average Bonchev–Trinajstić information content (AvgIpc) is 2.66. The van der Waals surface area contributed by atoms with Crippen LogP contribution in [0, 0.1) is 6.92 Å². The van der Waals surface area contributed by atoms with Crippen LogP contribution in [0.2, 0.25) is 5.02 Å². The molecule has 0 fully saturated rings. The number of rotatable bonds is 3. The average molecular weight is 283 g/mol. The smallest absolute Gasteiger partial charge is 0.305 e. The van der Waals surface area contributed by atoms with Crippen molar-refractivity contribution < 1.29 is 4.79 Å². The van der Waals surface area contributed by atoms with Crippen LogP contribution in [0.5, 0.6) is 0 Å². The summed E-state index contributed by atoms with van der Waals surface area (Å²) in [5, 5.41) is 3.38. The highest BCUT2D eigenvalue weighted by Gasteiger charge is 2.12. The Kier molecular flexibility index (Phi) is 3.84. The van der Waals surface area contributed by atoms with Gasteiger partial charge in [0.05, 0.1) is 0 Å². The Hall–Kier alpha value is -1.59. The number of benzene rings is 1. The van der Waals surface area contributed by atoms with E-state index in [2.05, 4.69) is 10.3 Å². The lowest BCUT2D eigenvalue weighted by Crippen LogP contribution is -2.22. The van der Waals surface area contributed by atoms with Gasteiger partial charge in [0.15, 0.2) is 0 Å². The Labute approximate surface area is 113 Å². The normalized spacial score (nSPS) is 10.3. The van der Waals surface area contributed by atoms with Crippen LogP contribution in [0.25, 0.3) is 0 Å². The predicted octanol–water partition coefficient (Wildman–Crippen LogP) is 2.33. The van der Waals surface area contributed by atoms with Gasteiger partial charge in [0, 0.05) is 17.3 Å². The molecule has 1 aromatic heterocycles. The first-order valence-corrected chi connectivity index (χ1v) is 6.48. The fraction of sp³-hybridized carbons (Fsp3) is 0.167. The molecule has 0 aliphatic heterocycles. The van der Waals surface area contributed by atoms with Gasteiger partial charge < -0.3 is 10.3 Å². The number of thiazole rings is 1. The van der Waals surface area contributed by atoms with Crippen molar-refractivity contribution in [3.8, 4) is 0 Å². The second-order valence-electron chi connectivity index (χ2n) is 3.78. The summed E-state index contributed by atoms with van der Waals surface area (Å²) in [6.45, 7) is 2.08. The molecule has 4 nitrogen and oxygen atoms in total. The van der Waals surface area contributed by atoms with Crippen molar-refractivity contribution in [2.24, 2.45) is 0 Å². The molecular weight excluding hydrogens is 272 g/mol. The van der Waals surface area contributed by atoms with E-state index in [9.17, 15) is 9.59 Å². The third-order valence-electron chi connectivity index (χ3n) is 2.37. The van der Waals surface area contributed by atoms with Crippen molar-refractivity contribution in [2.75, 3.05) is 0 Å². The first-order valence-electron chi connectivity index (χ1n) is 5.28. The van der Waals surface area contributed by atoms with Gasteiger partial charge in [-0.05, 0) is 24.6 Å². The van der Waals surface area contributed by atoms with E-state index >= 15 is 0 Å². The quantitative estimate of drug-likeness (QED) is 0.908. The molecule has 18 heavy (non-hydrogen) atoms. The van der Waals surface area contributed by atoms with Crippen molar-refractivity contribution >= 4 is 28.8 Å². The fourth-order valence-corrected chi connectivity index (χ4v) is 2.50. The Balaban J connectivity index is 2.05. The van der Waals surface area contributed by atoms with E-state index in [0.29, 0.717) is 22.1 Å². The number of amides is 1. The standard InChI is InChI=1S/C12H11ClN2O2S/c1-7-10(18-12(17)15-7)11(16)14-6-8-3-2-4-9(13)5-8/h2-5H,6H2,1H3,(H,14,16)(H,15,17). The summed E-state index contributed by atoms with van der Waals surface area (Å²) >= 11 is 6.76. The second kappa shape index (κ2) is 5.37. The molecule has 0 saturated carbocycles. The van der Waals surface area contributed by atoms with Crippen molar-refractivity contribution in [1.82, 2.24) is 10.3 Å². The third-order valence-corrected chi connectivity index (χ3v) is 3.59. The number of hydrogen-bond donors (Lipinski definition) is 2.